The molecule has 94 valence electrons. The van der Waals surface area contributed by atoms with E-state index in [0.29, 0.717) is 0 Å². The van der Waals surface area contributed by atoms with E-state index in [4.69, 9.17) is 9.47 Å². The minimum Gasteiger partial charge on any atom is -0.383 e. The molecule has 1 aliphatic heterocycles. The topological polar surface area (TPSA) is 30.5 Å². The molecular formula is C14H21NO2. The van der Waals surface area contributed by atoms with Gasteiger partial charge in [0.1, 0.15) is 0 Å². The number of ether oxygens (including phenoxy) is 2. The third kappa shape index (κ3) is 3.53. The van der Waals surface area contributed by atoms with Crippen molar-refractivity contribution in [2.24, 2.45) is 0 Å². The van der Waals surface area contributed by atoms with E-state index in [9.17, 15) is 0 Å². The van der Waals surface area contributed by atoms with Crippen molar-refractivity contribution in [3.63, 3.8) is 0 Å². The maximum Gasteiger partial charge on any atom is 0.0839 e. The lowest BCUT2D eigenvalue weighted by atomic mass is 9.96. The molecule has 0 spiro atoms. The molecule has 1 aromatic rings. The van der Waals surface area contributed by atoms with Gasteiger partial charge in [-0.2, -0.15) is 0 Å². The molecule has 1 aromatic carbocycles. The Morgan fingerprint density at radius 1 is 1.35 bits per heavy atom. The highest BCUT2D eigenvalue weighted by Crippen LogP contribution is 2.28. The zero-order chi connectivity index (χ0) is 11.9. The van der Waals surface area contributed by atoms with Gasteiger partial charge in [-0.25, -0.2) is 0 Å². The number of hydrogen-bond donors (Lipinski definition) is 1. The quantitative estimate of drug-likeness (QED) is 0.764. The SMILES string of the molecule is COCCNCCC1OCCc2ccccc21. The lowest BCUT2D eigenvalue weighted by Crippen LogP contribution is -2.24. The smallest absolute Gasteiger partial charge is 0.0839 e. The Balaban J connectivity index is 1.82. The van der Waals surface area contributed by atoms with Crippen LogP contribution in [0.1, 0.15) is 23.7 Å². The maximum absolute atomic E-state index is 5.84. The van der Waals surface area contributed by atoms with E-state index >= 15 is 0 Å². The van der Waals surface area contributed by atoms with Crippen LogP contribution in [-0.4, -0.2) is 33.4 Å². The highest BCUT2D eigenvalue weighted by atomic mass is 16.5. The van der Waals surface area contributed by atoms with Crippen LogP contribution in [-0.2, 0) is 15.9 Å². The summed E-state index contributed by atoms with van der Waals surface area (Å²) in [6.45, 7) is 3.50. The maximum atomic E-state index is 5.84. The monoisotopic (exact) mass is 235 g/mol. The van der Waals surface area contributed by atoms with E-state index in [1.165, 1.54) is 11.1 Å². The molecule has 3 heteroatoms. The molecule has 0 amide bonds. The van der Waals surface area contributed by atoms with Gasteiger partial charge >= 0.3 is 0 Å². The fraction of sp³-hybridized carbons (Fsp3) is 0.571. The number of nitrogens with one attached hydrogen (secondary N) is 1. The molecule has 0 fully saturated rings. The minimum atomic E-state index is 0.259. The third-order valence-corrected chi connectivity index (χ3v) is 3.16. The summed E-state index contributed by atoms with van der Waals surface area (Å²) in [6.07, 6.45) is 2.33. The molecule has 1 atom stereocenters. The van der Waals surface area contributed by atoms with Gasteiger partial charge in [0.25, 0.3) is 0 Å². The summed E-state index contributed by atoms with van der Waals surface area (Å²) in [5, 5.41) is 3.36. The van der Waals surface area contributed by atoms with Gasteiger partial charge in [-0.3, -0.25) is 0 Å². The van der Waals surface area contributed by atoms with E-state index in [-0.39, 0.29) is 6.10 Å². The van der Waals surface area contributed by atoms with Gasteiger partial charge < -0.3 is 14.8 Å². The van der Waals surface area contributed by atoms with Crippen LogP contribution in [0.2, 0.25) is 0 Å². The summed E-state index contributed by atoms with van der Waals surface area (Å²) in [4.78, 5) is 0. The standard InChI is InChI=1S/C14H21NO2/c1-16-11-9-15-8-6-14-13-5-3-2-4-12(13)7-10-17-14/h2-5,14-15H,6-11H2,1H3. The zero-order valence-corrected chi connectivity index (χ0v) is 10.4. The number of fused-ring (bicyclic) bond motifs is 1. The summed E-state index contributed by atoms with van der Waals surface area (Å²) in [6, 6.07) is 8.61. The first kappa shape index (κ1) is 12.6. The summed E-state index contributed by atoms with van der Waals surface area (Å²) in [5.74, 6) is 0. The Hall–Kier alpha value is -0.900. The zero-order valence-electron chi connectivity index (χ0n) is 10.4. The highest BCUT2D eigenvalue weighted by Gasteiger charge is 2.19. The molecule has 3 nitrogen and oxygen atoms in total. The van der Waals surface area contributed by atoms with Gasteiger partial charge in [0.2, 0.25) is 0 Å². The average Bonchev–Trinajstić information content (AvgIpc) is 2.39. The Kier molecular flexibility index (Phi) is 4.98. The van der Waals surface area contributed by atoms with Crippen molar-refractivity contribution in [2.75, 3.05) is 33.4 Å². The van der Waals surface area contributed by atoms with Crippen LogP contribution < -0.4 is 5.32 Å². The Morgan fingerprint density at radius 3 is 3.12 bits per heavy atom. The second kappa shape index (κ2) is 6.74. The predicted molar refractivity (Wildman–Crippen MR) is 68.2 cm³/mol. The van der Waals surface area contributed by atoms with E-state index in [0.717, 1.165) is 39.1 Å². The second-order valence-corrected chi connectivity index (χ2v) is 4.34. The van der Waals surface area contributed by atoms with E-state index in [2.05, 4.69) is 29.6 Å². The predicted octanol–water partition coefficient (Wildman–Crippen LogP) is 1.93. The Bertz CT molecular complexity index is 341. The fourth-order valence-corrected chi connectivity index (χ4v) is 2.25. The van der Waals surface area contributed by atoms with Crippen molar-refractivity contribution in [1.82, 2.24) is 5.32 Å². The molecule has 0 saturated carbocycles. The molecule has 1 unspecified atom stereocenters. The molecule has 1 N–H and O–H groups in total. The van der Waals surface area contributed by atoms with Crippen molar-refractivity contribution in [3.05, 3.63) is 35.4 Å². The Morgan fingerprint density at radius 2 is 2.24 bits per heavy atom. The molecule has 0 radical (unpaired) electrons. The van der Waals surface area contributed by atoms with Crippen LogP contribution in [0.3, 0.4) is 0 Å². The average molecular weight is 235 g/mol. The summed E-state index contributed by atoms with van der Waals surface area (Å²) < 4.78 is 10.8. The van der Waals surface area contributed by atoms with E-state index in [1.807, 2.05) is 0 Å². The summed E-state index contributed by atoms with van der Waals surface area (Å²) in [7, 11) is 1.72. The van der Waals surface area contributed by atoms with Gasteiger partial charge in [-0.15, -0.1) is 0 Å². The molecule has 0 bridgehead atoms. The van der Waals surface area contributed by atoms with Gasteiger partial charge in [0.15, 0.2) is 0 Å². The molecular weight excluding hydrogens is 214 g/mol. The molecule has 0 aliphatic carbocycles. The number of benzene rings is 1. The van der Waals surface area contributed by atoms with Gasteiger partial charge in [-0.1, -0.05) is 24.3 Å². The first-order valence-corrected chi connectivity index (χ1v) is 6.31. The Labute approximate surface area is 103 Å². The summed E-state index contributed by atoms with van der Waals surface area (Å²) in [5.41, 5.74) is 2.81. The number of rotatable bonds is 6. The first-order valence-electron chi connectivity index (χ1n) is 6.31. The summed E-state index contributed by atoms with van der Waals surface area (Å²) >= 11 is 0. The van der Waals surface area contributed by atoms with Crippen LogP contribution in [0.5, 0.6) is 0 Å². The van der Waals surface area contributed by atoms with Crippen molar-refractivity contribution >= 4 is 0 Å². The lowest BCUT2D eigenvalue weighted by Gasteiger charge is -2.26. The van der Waals surface area contributed by atoms with Gasteiger partial charge in [0.05, 0.1) is 19.3 Å². The molecule has 1 heterocycles. The molecule has 2 rings (SSSR count). The van der Waals surface area contributed by atoms with Crippen molar-refractivity contribution in [2.45, 2.75) is 18.9 Å². The van der Waals surface area contributed by atoms with E-state index in [1.54, 1.807) is 7.11 Å². The minimum absolute atomic E-state index is 0.259. The molecule has 0 aromatic heterocycles. The van der Waals surface area contributed by atoms with Crippen molar-refractivity contribution in [3.8, 4) is 0 Å². The molecule has 1 aliphatic rings. The second-order valence-electron chi connectivity index (χ2n) is 4.34. The van der Waals surface area contributed by atoms with Crippen LogP contribution in [0, 0.1) is 0 Å². The first-order chi connectivity index (χ1) is 8.42. The molecule has 0 saturated heterocycles. The number of methoxy groups -OCH3 is 1. The highest BCUT2D eigenvalue weighted by molar-refractivity contribution is 5.30. The van der Waals surface area contributed by atoms with Crippen molar-refractivity contribution < 1.29 is 9.47 Å². The van der Waals surface area contributed by atoms with Crippen molar-refractivity contribution in [1.29, 1.82) is 0 Å². The van der Waals surface area contributed by atoms with Crippen LogP contribution >= 0.6 is 0 Å². The van der Waals surface area contributed by atoms with Gasteiger partial charge in [-0.05, 0) is 30.5 Å². The van der Waals surface area contributed by atoms with E-state index < -0.39 is 0 Å². The third-order valence-electron chi connectivity index (χ3n) is 3.16. The lowest BCUT2D eigenvalue weighted by molar-refractivity contribution is 0.0365. The number of hydrogen-bond acceptors (Lipinski definition) is 3. The van der Waals surface area contributed by atoms with Crippen LogP contribution in [0.25, 0.3) is 0 Å². The fourth-order valence-electron chi connectivity index (χ4n) is 2.25. The van der Waals surface area contributed by atoms with Crippen LogP contribution in [0.4, 0.5) is 0 Å². The largest absolute Gasteiger partial charge is 0.383 e. The molecule has 17 heavy (non-hydrogen) atoms. The normalized spacial score (nSPS) is 19.0. The van der Waals surface area contributed by atoms with Crippen LogP contribution in [0.15, 0.2) is 24.3 Å². The van der Waals surface area contributed by atoms with Gasteiger partial charge in [0, 0.05) is 13.7 Å².